The zero-order valence-corrected chi connectivity index (χ0v) is 9.64. The summed E-state index contributed by atoms with van der Waals surface area (Å²) in [6.45, 7) is 0.705. The Morgan fingerprint density at radius 2 is 1.88 bits per heavy atom. The maximum absolute atomic E-state index is 11.4. The molecule has 0 saturated carbocycles. The fraction of sp³-hybridized carbons (Fsp3) is 0.231. The Morgan fingerprint density at radius 1 is 1.18 bits per heavy atom. The molecular formula is C13H14N2O2. The second-order valence-corrected chi connectivity index (χ2v) is 4.01. The monoisotopic (exact) mass is 230 g/mol. The lowest BCUT2D eigenvalue weighted by molar-refractivity contribution is -0.124. The van der Waals surface area contributed by atoms with Crippen LogP contribution in [0.15, 0.2) is 42.1 Å². The van der Waals surface area contributed by atoms with Crippen LogP contribution in [0.25, 0.3) is 0 Å². The van der Waals surface area contributed by atoms with E-state index < -0.39 is 0 Å². The number of benzene rings is 1. The van der Waals surface area contributed by atoms with Gasteiger partial charge in [-0.05, 0) is 12.0 Å². The number of imide groups is 1. The Kier molecular flexibility index (Phi) is 3.23. The van der Waals surface area contributed by atoms with Crippen molar-refractivity contribution in [2.75, 3.05) is 13.6 Å². The predicted molar refractivity (Wildman–Crippen MR) is 64.0 cm³/mol. The smallest absolute Gasteiger partial charge is 0.274 e. The Balaban J connectivity index is 1.94. The van der Waals surface area contributed by atoms with Crippen LogP contribution in [-0.4, -0.2) is 30.3 Å². The van der Waals surface area contributed by atoms with E-state index >= 15 is 0 Å². The van der Waals surface area contributed by atoms with Crippen LogP contribution in [0, 0.1) is 0 Å². The van der Waals surface area contributed by atoms with Crippen LogP contribution in [-0.2, 0) is 16.0 Å². The average molecular weight is 230 g/mol. The Labute approximate surface area is 99.9 Å². The minimum atomic E-state index is -0.337. The van der Waals surface area contributed by atoms with Gasteiger partial charge in [0.2, 0.25) is 0 Å². The first-order valence-electron chi connectivity index (χ1n) is 5.49. The fourth-order valence-corrected chi connectivity index (χ4v) is 1.75. The molecule has 4 heteroatoms. The molecule has 0 aliphatic carbocycles. The molecule has 88 valence electrons. The zero-order chi connectivity index (χ0) is 12.3. The lowest BCUT2D eigenvalue weighted by Gasteiger charge is -2.18. The van der Waals surface area contributed by atoms with Gasteiger partial charge in [-0.15, -0.1) is 0 Å². The second kappa shape index (κ2) is 4.82. The molecule has 1 aliphatic rings. The van der Waals surface area contributed by atoms with Crippen LogP contribution in [0.5, 0.6) is 0 Å². The molecule has 0 spiro atoms. The topological polar surface area (TPSA) is 49.4 Å². The molecule has 0 bridgehead atoms. The van der Waals surface area contributed by atoms with E-state index in [1.807, 2.05) is 37.4 Å². The van der Waals surface area contributed by atoms with Crippen molar-refractivity contribution in [3.8, 4) is 0 Å². The minimum Gasteiger partial charge on any atom is -0.370 e. The molecule has 1 aromatic rings. The number of carbonyl (C=O) groups excluding carboxylic acids is 2. The standard InChI is InChI=1S/C13H14N2O2/c1-15(11-9-12(16)14-13(11)17)8-7-10-5-3-2-4-6-10/h2-6,9H,7-8H2,1H3,(H,14,16,17). The second-order valence-electron chi connectivity index (χ2n) is 4.01. The van der Waals surface area contributed by atoms with Crippen molar-refractivity contribution in [3.63, 3.8) is 0 Å². The van der Waals surface area contributed by atoms with E-state index in [2.05, 4.69) is 5.32 Å². The van der Waals surface area contributed by atoms with Gasteiger partial charge in [-0.25, -0.2) is 0 Å². The minimum absolute atomic E-state index is 0.314. The molecule has 1 aromatic carbocycles. The molecule has 1 N–H and O–H groups in total. The van der Waals surface area contributed by atoms with E-state index in [1.54, 1.807) is 4.90 Å². The molecule has 4 nitrogen and oxygen atoms in total. The molecule has 1 heterocycles. The Morgan fingerprint density at radius 3 is 2.47 bits per heavy atom. The molecule has 0 aromatic heterocycles. The number of rotatable bonds is 4. The van der Waals surface area contributed by atoms with E-state index in [0.717, 1.165) is 6.42 Å². The lowest BCUT2D eigenvalue weighted by Crippen LogP contribution is -2.29. The number of hydrogen-bond donors (Lipinski definition) is 1. The maximum atomic E-state index is 11.4. The molecule has 0 radical (unpaired) electrons. The van der Waals surface area contributed by atoms with Crippen LogP contribution in [0.3, 0.4) is 0 Å². The highest BCUT2D eigenvalue weighted by atomic mass is 16.2. The predicted octanol–water partition coefficient (Wildman–Crippen LogP) is 0.701. The summed E-state index contributed by atoms with van der Waals surface area (Å²) < 4.78 is 0. The van der Waals surface area contributed by atoms with Gasteiger partial charge in [-0.3, -0.25) is 14.9 Å². The molecule has 2 amide bonds. The van der Waals surface area contributed by atoms with Gasteiger partial charge < -0.3 is 4.90 Å². The molecule has 0 fully saturated rings. The van der Waals surface area contributed by atoms with Crippen LogP contribution >= 0.6 is 0 Å². The summed E-state index contributed by atoms with van der Waals surface area (Å²) in [4.78, 5) is 24.2. The number of hydrogen-bond acceptors (Lipinski definition) is 3. The van der Waals surface area contributed by atoms with E-state index in [-0.39, 0.29) is 11.8 Å². The van der Waals surface area contributed by atoms with Crippen molar-refractivity contribution in [1.82, 2.24) is 10.2 Å². The van der Waals surface area contributed by atoms with Crippen molar-refractivity contribution in [1.29, 1.82) is 0 Å². The fourth-order valence-electron chi connectivity index (χ4n) is 1.75. The van der Waals surface area contributed by atoms with Gasteiger partial charge in [-0.1, -0.05) is 30.3 Å². The summed E-state index contributed by atoms with van der Waals surface area (Å²) in [5.41, 5.74) is 1.65. The van der Waals surface area contributed by atoms with Gasteiger partial charge in [0, 0.05) is 19.7 Å². The number of nitrogens with one attached hydrogen (secondary N) is 1. The van der Waals surface area contributed by atoms with E-state index in [9.17, 15) is 9.59 Å². The van der Waals surface area contributed by atoms with E-state index in [4.69, 9.17) is 0 Å². The Bertz CT molecular complexity index is 466. The van der Waals surface area contributed by atoms with Crippen molar-refractivity contribution in [2.24, 2.45) is 0 Å². The van der Waals surface area contributed by atoms with Crippen LogP contribution in [0.2, 0.25) is 0 Å². The van der Waals surface area contributed by atoms with Crippen molar-refractivity contribution < 1.29 is 9.59 Å². The van der Waals surface area contributed by atoms with Gasteiger partial charge in [0.25, 0.3) is 11.8 Å². The van der Waals surface area contributed by atoms with Gasteiger partial charge in [0.15, 0.2) is 0 Å². The van der Waals surface area contributed by atoms with Gasteiger partial charge >= 0.3 is 0 Å². The maximum Gasteiger partial charge on any atom is 0.274 e. The van der Waals surface area contributed by atoms with Crippen LogP contribution < -0.4 is 5.32 Å². The average Bonchev–Trinajstić information content (AvgIpc) is 2.67. The number of amides is 2. The third kappa shape index (κ3) is 2.72. The summed E-state index contributed by atoms with van der Waals surface area (Å²) >= 11 is 0. The highest BCUT2D eigenvalue weighted by Crippen LogP contribution is 2.09. The number of likely N-dealkylation sites (N-methyl/N-ethyl adjacent to an activating group) is 1. The highest BCUT2D eigenvalue weighted by Gasteiger charge is 2.23. The molecule has 0 saturated heterocycles. The molecule has 0 atom stereocenters. The SMILES string of the molecule is CN(CCc1ccccc1)C1=CC(=O)NC1=O. The van der Waals surface area contributed by atoms with Crippen LogP contribution in [0.1, 0.15) is 5.56 Å². The first-order valence-corrected chi connectivity index (χ1v) is 5.49. The quantitative estimate of drug-likeness (QED) is 0.775. The first kappa shape index (κ1) is 11.4. The molecule has 2 rings (SSSR count). The van der Waals surface area contributed by atoms with Crippen molar-refractivity contribution >= 4 is 11.8 Å². The summed E-state index contributed by atoms with van der Waals surface area (Å²) in [5, 5.41) is 2.23. The van der Waals surface area contributed by atoms with Gasteiger partial charge in [0.05, 0.1) is 0 Å². The molecule has 1 aliphatic heterocycles. The van der Waals surface area contributed by atoms with E-state index in [0.29, 0.717) is 12.2 Å². The lowest BCUT2D eigenvalue weighted by atomic mass is 10.1. The summed E-state index contributed by atoms with van der Waals surface area (Å²) in [6.07, 6.45) is 2.18. The van der Waals surface area contributed by atoms with Gasteiger partial charge in [0.1, 0.15) is 5.70 Å². The number of carbonyl (C=O) groups is 2. The number of nitrogens with zero attached hydrogens (tertiary/aromatic N) is 1. The largest absolute Gasteiger partial charge is 0.370 e. The van der Waals surface area contributed by atoms with E-state index in [1.165, 1.54) is 11.6 Å². The Hall–Kier alpha value is -2.10. The normalized spacial score (nSPS) is 14.5. The van der Waals surface area contributed by atoms with Crippen LogP contribution in [0.4, 0.5) is 0 Å². The van der Waals surface area contributed by atoms with Crippen molar-refractivity contribution in [3.05, 3.63) is 47.7 Å². The van der Waals surface area contributed by atoms with Crippen molar-refractivity contribution in [2.45, 2.75) is 6.42 Å². The molecule has 17 heavy (non-hydrogen) atoms. The first-order chi connectivity index (χ1) is 8.16. The summed E-state index contributed by atoms with van der Waals surface area (Å²) in [5.74, 6) is -0.651. The highest BCUT2D eigenvalue weighted by molar-refractivity contribution is 6.15. The third-order valence-corrected chi connectivity index (χ3v) is 2.73. The molecule has 0 unspecified atom stereocenters. The van der Waals surface area contributed by atoms with Gasteiger partial charge in [-0.2, -0.15) is 0 Å². The third-order valence-electron chi connectivity index (χ3n) is 2.73. The molecular weight excluding hydrogens is 216 g/mol. The summed E-state index contributed by atoms with van der Waals surface area (Å²) in [6, 6.07) is 10.0. The summed E-state index contributed by atoms with van der Waals surface area (Å²) in [7, 11) is 1.81. The zero-order valence-electron chi connectivity index (χ0n) is 9.64.